The van der Waals surface area contributed by atoms with E-state index in [0.29, 0.717) is 25.0 Å². The van der Waals surface area contributed by atoms with Crippen molar-refractivity contribution in [1.29, 1.82) is 0 Å². The van der Waals surface area contributed by atoms with E-state index in [9.17, 15) is 8.42 Å². The minimum Gasteiger partial charge on any atom is -0.326 e. The van der Waals surface area contributed by atoms with Crippen molar-refractivity contribution in [3.05, 3.63) is 0 Å². The molecule has 0 aromatic heterocycles. The molecule has 2 aliphatic rings. The number of halogens is 1. The lowest BCUT2D eigenvalue weighted by Gasteiger charge is -2.33. The van der Waals surface area contributed by atoms with Crippen molar-refractivity contribution in [2.24, 2.45) is 11.7 Å². The Bertz CT molecular complexity index is 363. The van der Waals surface area contributed by atoms with Crippen LogP contribution in [0.15, 0.2) is 0 Å². The van der Waals surface area contributed by atoms with Gasteiger partial charge >= 0.3 is 0 Å². The predicted molar refractivity (Wildman–Crippen MR) is 75.4 cm³/mol. The number of likely N-dealkylation sites (tertiary alicyclic amines) is 1. The number of nitrogens with zero attached hydrogens (tertiary/aromatic N) is 2. The van der Waals surface area contributed by atoms with Gasteiger partial charge in [-0.2, -0.15) is 0 Å². The van der Waals surface area contributed by atoms with Crippen molar-refractivity contribution >= 4 is 22.4 Å². The fraction of sp³-hybridized carbons (Fsp3) is 1.00. The number of nitrogens with two attached hydrogens (primary N) is 1. The first-order valence-corrected chi connectivity index (χ1v) is 8.23. The first-order valence-electron chi connectivity index (χ1n) is 6.38. The molecule has 0 aromatic carbocycles. The fourth-order valence-corrected chi connectivity index (χ4v) is 3.81. The lowest BCUT2D eigenvalue weighted by atomic mass is 9.99. The summed E-state index contributed by atoms with van der Waals surface area (Å²) in [6.45, 7) is 4.41. The molecule has 2 saturated heterocycles. The summed E-state index contributed by atoms with van der Waals surface area (Å²) in [6.07, 6.45) is 4.50. The molecule has 2 unspecified atom stereocenters. The van der Waals surface area contributed by atoms with Crippen LogP contribution in [0.2, 0.25) is 0 Å². The normalized spacial score (nSPS) is 31.2. The Morgan fingerprint density at radius 1 is 1.22 bits per heavy atom. The summed E-state index contributed by atoms with van der Waals surface area (Å²) in [5.74, 6) is 0.476. The van der Waals surface area contributed by atoms with Crippen LogP contribution in [0.25, 0.3) is 0 Å². The Labute approximate surface area is 116 Å². The molecule has 2 heterocycles. The minimum atomic E-state index is -3.01. The predicted octanol–water partition coefficient (Wildman–Crippen LogP) is 0.113. The second kappa shape index (κ2) is 6.52. The van der Waals surface area contributed by atoms with Crippen molar-refractivity contribution < 1.29 is 8.42 Å². The van der Waals surface area contributed by atoms with E-state index in [4.69, 9.17) is 5.73 Å². The van der Waals surface area contributed by atoms with Crippen LogP contribution in [-0.2, 0) is 10.0 Å². The lowest BCUT2D eigenvalue weighted by molar-refractivity contribution is 0.199. The van der Waals surface area contributed by atoms with Crippen molar-refractivity contribution in [3.8, 4) is 0 Å². The first kappa shape index (κ1) is 16.2. The highest BCUT2D eigenvalue weighted by Crippen LogP contribution is 2.21. The molecule has 7 heteroatoms. The van der Waals surface area contributed by atoms with E-state index in [2.05, 4.69) is 4.90 Å². The van der Waals surface area contributed by atoms with E-state index in [1.165, 1.54) is 6.26 Å². The van der Waals surface area contributed by atoms with Gasteiger partial charge < -0.3 is 10.6 Å². The standard InChI is InChI=1S/C11H23N3O2S.ClH/c1-17(15,16)14-5-2-3-10(8-14)7-13-6-4-11(12)9-13;/h10-11H,2-9,12H2,1H3;1H. The molecular weight excluding hydrogens is 274 g/mol. The average molecular weight is 298 g/mol. The van der Waals surface area contributed by atoms with Gasteiger partial charge in [-0.05, 0) is 31.7 Å². The smallest absolute Gasteiger partial charge is 0.211 e. The van der Waals surface area contributed by atoms with Gasteiger partial charge in [0.25, 0.3) is 0 Å². The van der Waals surface area contributed by atoms with Gasteiger partial charge in [-0.1, -0.05) is 0 Å². The quantitative estimate of drug-likeness (QED) is 0.803. The van der Waals surface area contributed by atoms with Gasteiger partial charge in [0, 0.05) is 32.2 Å². The molecule has 0 spiro atoms. The fourth-order valence-electron chi connectivity index (χ4n) is 2.87. The Kier molecular flexibility index (Phi) is 5.86. The zero-order valence-corrected chi connectivity index (χ0v) is 12.5. The number of hydrogen-bond acceptors (Lipinski definition) is 4. The third-order valence-electron chi connectivity index (χ3n) is 3.78. The molecule has 0 bridgehead atoms. The molecule has 2 N–H and O–H groups in total. The summed E-state index contributed by atoms with van der Waals surface area (Å²) in [6, 6.07) is 0.310. The zero-order chi connectivity index (χ0) is 12.5. The van der Waals surface area contributed by atoms with Crippen LogP contribution in [0, 0.1) is 5.92 Å². The Balaban J connectivity index is 0.00000162. The zero-order valence-electron chi connectivity index (χ0n) is 10.9. The van der Waals surface area contributed by atoms with Crippen LogP contribution >= 0.6 is 12.4 Å². The van der Waals surface area contributed by atoms with Gasteiger partial charge in [0.05, 0.1) is 6.26 Å². The highest BCUT2D eigenvalue weighted by Gasteiger charge is 2.28. The van der Waals surface area contributed by atoms with E-state index >= 15 is 0 Å². The van der Waals surface area contributed by atoms with Crippen LogP contribution < -0.4 is 5.73 Å². The van der Waals surface area contributed by atoms with Crippen molar-refractivity contribution in [3.63, 3.8) is 0 Å². The molecule has 2 fully saturated rings. The van der Waals surface area contributed by atoms with Crippen molar-refractivity contribution in [2.75, 3.05) is 39.0 Å². The Hall–Kier alpha value is 0.120. The third-order valence-corrected chi connectivity index (χ3v) is 5.05. The second-order valence-electron chi connectivity index (χ2n) is 5.44. The molecule has 2 aliphatic heterocycles. The molecule has 18 heavy (non-hydrogen) atoms. The second-order valence-corrected chi connectivity index (χ2v) is 7.42. The van der Waals surface area contributed by atoms with E-state index in [1.54, 1.807) is 4.31 Å². The van der Waals surface area contributed by atoms with Crippen LogP contribution in [0.5, 0.6) is 0 Å². The molecule has 108 valence electrons. The van der Waals surface area contributed by atoms with Crippen LogP contribution in [-0.4, -0.2) is 62.6 Å². The van der Waals surface area contributed by atoms with E-state index in [0.717, 1.165) is 38.9 Å². The molecule has 0 aliphatic carbocycles. The summed E-state index contributed by atoms with van der Waals surface area (Å²) < 4.78 is 24.6. The van der Waals surface area contributed by atoms with Crippen molar-refractivity contribution in [2.45, 2.75) is 25.3 Å². The lowest BCUT2D eigenvalue weighted by Crippen LogP contribution is -2.43. The van der Waals surface area contributed by atoms with Gasteiger partial charge in [-0.25, -0.2) is 12.7 Å². The summed E-state index contributed by atoms with van der Waals surface area (Å²) in [5.41, 5.74) is 5.88. The molecule has 0 amide bonds. The van der Waals surface area contributed by atoms with Crippen LogP contribution in [0.4, 0.5) is 0 Å². The number of hydrogen-bond donors (Lipinski definition) is 1. The SMILES string of the molecule is CS(=O)(=O)N1CCCC(CN2CCC(N)C2)C1.Cl. The molecule has 0 radical (unpaired) electrons. The number of sulfonamides is 1. The molecule has 2 rings (SSSR count). The Morgan fingerprint density at radius 2 is 1.94 bits per heavy atom. The maximum Gasteiger partial charge on any atom is 0.211 e. The highest BCUT2D eigenvalue weighted by molar-refractivity contribution is 7.88. The molecule has 0 saturated carbocycles. The number of rotatable bonds is 3. The molecular formula is C11H24ClN3O2S. The van der Waals surface area contributed by atoms with E-state index in [1.807, 2.05) is 0 Å². The van der Waals surface area contributed by atoms with Crippen LogP contribution in [0.1, 0.15) is 19.3 Å². The van der Waals surface area contributed by atoms with E-state index < -0.39 is 10.0 Å². The summed E-state index contributed by atoms with van der Waals surface area (Å²) in [5, 5.41) is 0. The maximum absolute atomic E-state index is 11.5. The largest absolute Gasteiger partial charge is 0.326 e. The Morgan fingerprint density at radius 3 is 2.50 bits per heavy atom. The topological polar surface area (TPSA) is 66.6 Å². The number of piperidine rings is 1. The van der Waals surface area contributed by atoms with Gasteiger partial charge in [0.2, 0.25) is 10.0 Å². The minimum absolute atomic E-state index is 0. The first-order chi connectivity index (χ1) is 7.95. The monoisotopic (exact) mass is 297 g/mol. The van der Waals surface area contributed by atoms with Crippen LogP contribution in [0.3, 0.4) is 0 Å². The average Bonchev–Trinajstić information content (AvgIpc) is 2.63. The van der Waals surface area contributed by atoms with Gasteiger partial charge in [0.15, 0.2) is 0 Å². The van der Waals surface area contributed by atoms with Gasteiger partial charge in [-0.3, -0.25) is 0 Å². The van der Waals surface area contributed by atoms with E-state index in [-0.39, 0.29) is 12.4 Å². The summed E-state index contributed by atoms with van der Waals surface area (Å²) in [4.78, 5) is 2.38. The van der Waals surface area contributed by atoms with Crippen molar-refractivity contribution in [1.82, 2.24) is 9.21 Å². The third kappa shape index (κ3) is 4.35. The molecule has 2 atom stereocenters. The van der Waals surface area contributed by atoms with Gasteiger partial charge in [-0.15, -0.1) is 12.4 Å². The molecule has 5 nitrogen and oxygen atoms in total. The summed E-state index contributed by atoms with van der Waals surface area (Å²) in [7, 11) is -3.01. The molecule has 0 aromatic rings. The summed E-state index contributed by atoms with van der Waals surface area (Å²) >= 11 is 0. The van der Waals surface area contributed by atoms with Gasteiger partial charge in [0.1, 0.15) is 0 Å². The maximum atomic E-state index is 11.5. The highest BCUT2D eigenvalue weighted by atomic mass is 35.5.